The molecule has 1 aromatic heterocycles. The fourth-order valence-corrected chi connectivity index (χ4v) is 2.34. The van der Waals surface area contributed by atoms with Gasteiger partial charge in [-0.25, -0.2) is 4.98 Å². The predicted octanol–water partition coefficient (Wildman–Crippen LogP) is 2.49. The predicted molar refractivity (Wildman–Crippen MR) is 98.5 cm³/mol. The number of amides is 2. The van der Waals surface area contributed by atoms with E-state index in [2.05, 4.69) is 15.6 Å². The molecule has 1 aromatic carbocycles. The van der Waals surface area contributed by atoms with Gasteiger partial charge in [0.1, 0.15) is 23.4 Å². The number of nitrogens with one attached hydrogen (secondary N) is 2. The fraction of sp³-hybridized carbons (Fsp3) is 0.316. The van der Waals surface area contributed by atoms with E-state index in [1.807, 2.05) is 13.8 Å². The molecule has 2 amide bonds. The van der Waals surface area contributed by atoms with E-state index >= 15 is 0 Å². The molecule has 138 valence electrons. The minimum atomic E-state index is -0.721. The Hall–Kier alpha value is -3.09. The molecule has 1 atom stereocenters. The molecule has 0 aliphatic carbocycles. The number of hydrogen-bond acceptors (Lipinski definition) is 5. The summed E-state index contributed by atoms with van der Waals surface area (Å²) in [4.78, 5) is 29.3. The molecule has 0 bridgehead atoms. The Morgan fingerprint density at radius 2 is 1.69 bits per heavy atom. The lowest BCUT2D eigenvalue weighted by molar-refractivity contribution is -0.118. The Balaban J connectivity index is 2.16. The largest absolute Gasteiger partial charge is 0.497 e. The summed E-state index contributed by atoms with van der Waals surface area (Å²) in [6, 6.07) is 9.34. The zero-order valence-electron chi connectivity index (χ0n) is 15.3. The molecular formula is C19H23N3O4. The number of aromatic nitrogens is 1. The highest BCUT2D eigenvalue weighted by Gasteiger charge is 2.25. The van der Waals surface area contributed by atoms with Crippen LogP contribution in [0.4, 0.5) is 5.82 Å². The SMILES string of the molecule is COc1cc(OC)cc(C(=O)N[C@H](C(=O)Nc2ccccn2)C(C)C)c1. The number of anilines is 1. The second-order valence-corrected chi connectivity index (χ2v) is 6.00. The molecular weight excluding hydrogens is 334 g/mol. The maximum atomic E-state index is 12.6. The van der Waals surface area contributed by atoms with Gasteiger partial charge in [0.25, 0.3) is 5.91 Å². The van der Waals surface area contributed by atoms with Crippen molar-refractivity contribution < 1.29 is 19.1 Å². The highest BCUT2D eigenvalue weighted by Crippen LogP contribution is 2.22. The number of pyridine rings is 1. The van der Waals surface area contributed by atoms with Crippen LogP contribution in [0.1, 0.15) is 24.2 Å². The van der Waals surface area contributed by atoms with Crippen molar-refractivity contribution in [2.75, 3.05) is 19.5 Å². The van der Waals surface area contributed by atoms with Gasteiger partial charge in [-0.3, -0.25) is 9.59 Å². The van der Waals surface area contributed by atoms with Gasteiger partial charge in [0.05, 0.1) is 14.2 Å². The summed E-state index contributed by atoms with van der Waals surface area (Å²) in [5.74, 6) is 0.580. The van der Waals surface area contributed by atoms with Crippen molar-refractivity contribution in [1.29, 1.82) is 0 Å². The highest BCUT2D eigenvalue weighted by molar-refractivity contribution is 6.01. The van der Waals surface area contributed by atoms with Gasteiger partial charge in [-0.2, -0.15) is 0 Å². The Morgan fingerprint density at radius 1 is 1.04 bits per heavy atom. The third-order valence-corrected chi connectivity index (χ3v) is 3.77. The molecule has 0 unspecified atom stereocenters. The van der Waals surface area contributed by atoms with Crippen LogP contribution >= 0.6 is 0 Å². The summed E-state index contributed by atoms with van der Waals surface area (Å²) in [6.45, 7) is 3.71. The monoisotopic (exact) mass is 357 g/mol. The molecule has 0 saturated carbocycles. The zero-order chi connectivity index (χ0) is 19.1. The van der Waals surface area contributed by atoms with Crippen LogP contribution in [-0.4, -0.2) is 37.1 Å². The van der Waals surface area contributed by atoms with E-state index in [0.717, 1.165) is 0 Å². The maximum absolute atomic E-state index is 12.6. The number of nitrogens with zero attached hydrogens (tertiary/aromatic N) is 1. The average Bonchev–Trinajstić information content (AvgIpc) is 2.65. The lowest BCUT2D eigenvalue weighted by Crippen LogP contribution is -2.47. The quantitative estimate of drug-likeness (QED) is 0.795. The molecule has 7 nitrogen and oxygen atoms in total. The van der Waals surface area contributed by atoms with Crippen molar-refractivity contribution in [3.8, 4) is 11.5 Å². The van der Waals surface area contributed by atoms with Crippen molar-refractivity contribution in [3.05, 3.63) is 48.2 Å². The maximum Gasteiger partial charge on any atom is 0.252 e. The van der Waals surface area contributed by atoms with Crippen molar-refractivity contribution in [3.63, 3.8) is 0 Å². The number of carbonyl (C=O) groups excluding carboxylic acids is 2. The first-order valence-electron chi connectivity index (χ1n) is 8.20. The number of ether oxygens (including phenoxy) is 2. The van der Waals surface area contributed by atoms with E-state index in [9.17, 15) is 9.59 Å². The van der Waals surface area contributed by atoms with Gasteiger partial charge in [0.2, 0.25) is 5.91 Å². The molecule has 0 aliphatic heterocycles. The van der Waals surface area contributed by atoms with E-state index in [1.54, 1.807) is 42.6 Å². The first-order chi connectivity index (χ1) is 12.4. The molecule has 2 aromatic rings. The summed E-state index contributed by atoms with van der Waals surface area (Å²) in [5, 5.41) is 5.48. The van der Waals surface area contributed by atoms with Crippen LogP contribution in [0.2, 0.25) is 0 Å². The van der Waals surface area contributed by atoms with Crippen LogP contribution in [0.5, 0.6) is 11.5 Å². The molecule has 2 N–H and O–H groups in total. The van der Waals surface area contributed by atoms with E-state index in [0.29, 0.717) is 22.9 Å². The van der Waals surface area contributed by atoms with E-state index in [-0.39, 0.29) is 11.8 Å². The van der Waals surface area contributed by atoms with Gasteiger partial charge in [-0.15, -0.1) is 0 Å². The smallest absolute Gasteiger partial charge is 0.252 e. The second kappa shape index (κ2) is 8.84. The van der Waals surface area contributed by atoms with Gasteiger partial charge in [-0.05, 0) is 30.2 Å². The summed E-state index contributed by atoms with van der Waals surface area (Å²) < 4.78 is 10.4. The highest BCUT2D eigenvalue weighted by atomic mass is 16.5. The first-order valence-corrected chi connectivity index (χ1v) is 8.20. The lowest BCUT2D eigenvalue weighted by Gasteiger charge is -2.21. The molecule has 7 heteroatoms. The average molecular weight is 357 g/mol. The molecule has 0 fully saturated rings. The van der Waals surface area contributed by atoms with Crippen molar-refractivity contribution in [1.82, 2.24) is 10.3 Å². The standard InChI is InChI=1S/C19H23N3O4/c1-12(2)17(19(24)21-16-7-5-6-8-20-16)22-18(23)13-9-14(25-3)11-15(10-13)26-4/h5-12,17H,1-4H3,(H,22,23)(H,20,21,24)/t17-/m0/s1. The third-order valence-electron chi connectivity index (χ3n) is 3.77. The molecule has 0 aliphatic rings. The fourth-order valence-electron chi connectivity index (χ4n) is 2.34. The van der Waals surface area contributed by atoms with Crippen molar-refractivity contribution in [2.45, 2.75) is 19.9 Å². The normalized spacial score (nSPS) is 11.6. The lowest BCUT2D eigenvalue weighted by atomic mass is 10.0. The zero-order valence-corrected chi connectivity index (χ0v) is 15.3. The molecule has 2 rings (SSSR count). The van der Waals surface area contributed by atoms with Gasteiger partial charge in [0.15, 0.2) is 0 Å². The minimum Gasteiger partial charge on any atom is -0.497 e. The Kier molecular flexibility index (Phi) is 6.54. The summed E-state index contributed by atoms with van der Waals surface area (Å²) >= 11 is 0. The molecule has 1 heterocycles. The number of hydrogen-bond donors (Lipinski definition) is 2. The van der Waals surface area contributed by atoms with Gasteiger partial charge < -0.3 is 20.1 Å². The second-order valence-electron chi connectivity index (χ2n) is 6.00. The van der Waals surface area contributed by atoms with Gasteiger partial charge in [-0.1, -0.05) is 19.9 Å². The third kappa shape index (κ3) is 4.95. The molecule has 0 spiro atoms. The number of carbonyl (C=O) groups is 2. The van der Waals surface area contributed by atoms with Crippen LogP contribution in [0.15, 0.2) is 42.6 Å². The Bertz CT molecular complexity index is 740. The first kappa shape index (κ1) is 19.2. The summed E-state index contributed by atoms with van der Waals surface area (Å²) in [6.07, 6.45) is 1.58. The van der Waals surface area contributed by atoms with E-state index in [1.165, 1.54) is 14.2 Å². The van der Waals surface area contributed by atoms with Crippen LogP contribution in [0.25, 0.3) is 0 Å². The number of rotatable bonds is 7. The minimum absolute atomic E-state index is 0.116. The topological polar surface area (TPSA) is 89.5 Å². The Labute approximate surface area is 152 Å². The number of benzene rings is 1. The van der Waals surface area contributed by atoms with Crippen LogP contribution < -0.4 is 20.1 Å². The van der Waals surface area contributed by atoms with Crippen molar-refractivity contribution >= 4 is 17.6 Å². The van der Waals surface area contributed by atoms with Gasteiger partial charge in [0, 0.05) is 17.8 Å². The van der Waals surface area contributed by atoms with E-state index in [4.69, 9.17) is 9.47 Å². The summed E-state index contributed by atoms with van der Waals surface area (Å²) in [7, 11) is 3.02. The van der Waals surface area contributed by atoms with Crippen LogP contribution in [0, 0.1) is 5.92 Å². The Morgan fingerprint density at radius 3 is 2.19 bits per heavy atom. The number of methoxy groups -OCH3 is 2. The summed E-state index contributed by atoms with van der Waals surface area (Å²) in [5.41, 5.74) is 0.345. The molecule has 0 radical (unpaired) electrons. The van der Waals surface area contributed by atoms with Crippen molar-refractivity contribution in [2.24, 2.45) is 5.92 Å². The van der Waals surface area contributed by atoms with Crippen LogP contribution in [-0.2, 0) is 4.79 Å². The molecule has 26 heavy (non-hydrogen) atoms. The van der Waals surface area contributed by atoms with E-state index < -0.39 is 11.9 Å². The van der Waals surface area contributed by atoms with Crippen LogP contribution in [0.3, 0.4) is 0 Å². The molecule has 0 saturated heterocycles. The van der Waals surface area contributed by atoms with Gasteiger partial charge >= 0.3 is 0 Å².